The molecule has 1 aromatic heterocycles. The number of pyridine rings is 1. The Morgan fingerprint density at radius 2 is 1.70 bits per heavy atom. The molecule has 1 unspecified atom stereocenters. The number of hydrogen-bond acceptors (Lipinski definition) is 2. The number of benzene rings is 2. The summed E-state index contributed by atoms with van der Waals surface area (Å²) < 4.78 is 0.974. The summed E-state index contributed by atoms with van der Waals surface area (Å²) in [5.74, 6) is 0. The lowest BCUT2D eigenvalue weighted by Gasteiger charge is -2.16. The van der Waals surface area contributed by atoms with Crippen LogP contribution in [0.15, 0.2) is 65.3 Å². The molecular formula is C20H14BrNO. The maximum Gasteiger partial charge on any atom is 0.107 e. The molecule has 0 amide bonds. The Bertz CT molecular complexity index is 903. The monoisotopic (exact) mass is 363 g/mol. The summed E-state index contributed by atoms with van der Waals surface area (Å²) in [5, 5.41) is 10.9. The lowest BCUT2D eigenvalue weighted by molar-refractivity contribution is 0.219. The van der Waals surface area contributed by atoms with Gasteiger partial charge in [0, 0.05) is 21.8 Å². The third-order valence-corrected chi connectivity index (χ3v) is 4.83. The number of aliphatic hydroxyl groups is 1. The van der Waals surface area contributed by atoms with E-state index in [4.69, 9.17) is 0 Å². The van der Waals surface area contributed by atoms with Crippen molar-refractivity contribution < 1.29 is 5.11 Å². The van der Waals surface area contributed by atoms with E-state index < -0.39 is 6.10 Å². The molecule has 0 saturated heterocycles. The van der Waals surface area contributed by atoms with Crippen molar-refractivity contribution in [1.29, 1.82) is 0 Å². The summed E-state index contributed by atoms with van der Waals surface area (Å²) in [4.78, 5) is 4.56. The lowest BCUT2D eigenvalue weighted by atomic mass is 9.96. The van der Waals surface area contributed by atoms with E-state index in [-0.39, 0.29) is 0 Å². The molecule has 23 heavy (non-hydrogen) atoms. The van der Waals surface area contributed by atoms with Crippen LogP contribution >= 0.6 is 15.9 Å². The van der Waals surface area contributed by atoms with E-state index >= 15 is 0 Å². The van der Waals surface area contributed by atoms with Gasteiger partial charge in [-0.05, 0) is 34.9 Å². The van der Waals surface area contributed by atoms with Crippen LogP contribution in [-0.2, 0) is 0 Å². The number of halogens is 1. The van der Waals surface area contributed by atoms with Gasteiger partial charge in [0.2, 0.25) is 0 Å². The van der Waals surface area contributed by atoms with E-state index in [2.05, 4.69) is 20.9 Å². The molecule has 1 heterocycles. The SMILES string of the molecule is OC1c2cc(-c3ccccc3)cnc2C=Cc2c(Br)cccc21. The van der Waals surface area contributed by atoms with Crippen molar-refractivity contribution in [2.75, 3.05) is 0 Å². The number of aromatic nitrogens is 1. The Balaban J connectivity index is 1.88. The summed E-state index contributed by atoms with van der Waals surface area (Å²) in [6.07, 6.45) is 5.13. The Labute approximate surface area is 143 Å². The van der Waals surface area contributed by atoms with Crippen LogP contribution in [0.4, 0.5) is 0 Å². The first kappa shape index (κ1) is 14.4. The van der Waals surface area contributed by atoms with Gasteiger partial charge in [-0.3, -0.25) is 4.98 Å². The summed E-state index contributed by atoms with van der Waals surface area (Å²) in [5.41, 5.74) is 5.63. The first-order chi connectivity index (χ1) is 11.2. The minimum Gasteiger partial charge on any atom is -0.384 e. The smallest absolute Gasteiger partial charge is 0.107 e. The Morgan fingerprint density at radius 1 is 0.870 bits per heavy atom. The molecule has 0 spiro atoms. The van der Waals surface area contributed by atoms with Crippen LogP contribution in [0, 0.1) is 0 Å². The molecule has 3 aromatic rings. The fourth-order valence-electron chi connectivity index (χ4n) is 2.94. The first-order valence-corrected chi connectivity index (χ1v) is 8.23. The number of nitrogens with zero attached hydrogens (tertiary/aromatic N) is 1. The van der Waals surface area contributed by atoms with Crippen molar-refractivity contribution in [2.24, 2.45) is 0 Å². The van der Waals surface area contributed by atoms with Crippen LogP contribution in [0.25, 0.3) is 23.3 Å². The molecule has 4 rings (SSSR count). The number of rotatable bonds is 1. The quantitative estimate of drug-likeness (QED) is 0.654. The summed E-state index contributed by atoms with van der Waals surface area (Å²) in [7, 11) is 0. The maximum atomic E-state index is 10.9. The molecule has 0 radical (unpaired) electrons. The van der Waals surface area contributed by atoms with E-state index in [0.717, 1.165) is 38.0 Å². The third-order valence-electron chi connectivity index (χ3n) is 4.14. The fourth-order valence-corrected chi connectivity index (χ4v) is 3.45. The molecule has 1 aliphatic rings. The highest BCUT2D eigenvalue weighted by Gasteiger charge is 2.21. The van der Waals surface area contributed by atoms with Crippen molar-refractivity contribution in [3.63, 3.8) is 0 Å². The second-order valence-electron chi connectivity index (χ2n) is 5.54. The molecule has 0 saturated carbocycles. The molecule has 0 aliphatic heterocycles. The van der Waals surface area contributed by atoms with Crippen molar-refractivity contribution in [2.45, 2.75) is 6.10 Å². The zero-order valence-electron chi connectivity index (χ0n) is 12.3. The van der Waals surface area contributed by atoms with Crippen molar-refractivity contribution >= 4 is 28.1 Å². The average Bonchev–Trinajstić information content (AvgIpc) is 2.74. The van der Waals surface area contributed by atoms with Gasteiger partial charge in [0.05, 0.1) is 5.69 Å². The van der Waals surface area contributed by atoms with E-state index in [1.165, 1.54) is 0 Å². The van der Waals surface area contributed by atoms with Crippen LogP contribution in [0.1, 0.15) is 28.5 Å². The molecule has 112 valence electrons. The van der Waals surface area contributed by atoms with Crippen molar-refractivity contribution in [3.8, 4) is 11.1 Å². The summed E-state index contributed by atoms with van der Waals surface area (Å²) >= 11 is 3.56. The maximum absolute atomic E-state index is 10.9. The second kappa shape index (κ2) is 5.76. The molecule has 2 nitrogen and oxygen atoms in total. The highest BCUT2D eigenvalue weighted by Crippen LogP contribution is 2.36. The largest absolute Gasteiger partial charge is 0.384 e. The van der Waals surface area contributed by atoms with Gasteiger partial charge in [-0.25, -0.2) is 0 Å². The van der Waals surface area contributed by atoms with Crippen molar-refractivity contribution in [3.05, 3.63) is 87.7 Å². The van der Waals surface area contributed by atoms with Crippen LogP contribution in [0.3, 0.4) is 0 Å². The number of hydrogen-bond donors (Lipinski definition) is 1. The highest BCUT2D eigenvalue weighted by molar-refractivity contribution is 9.10. The number of fused-ring (bicyclic) bond motifs is 2. The highest BCUT2D eigenvalue weighted by atomic mass is 79.9. The Morgan fingerprint density at radius 3 is 2.52 bits per heavy atom. The van der Waals surface area contributed by atoms with E-state index in [9.17, 15) is 5.11 Å². The Hall–Kier alpha value is -2.23. The standard InChI is InChI=1S/C20H14BrNO/c21-18-8-4-7-16-15(18)9-10-19-17(20(16)23)11-14(12-22-19)13-5-2-1-3-6-13/h1-12,20,23H. The van der Waals surface area contributed by atoms with Gasteiger partial charge in [0.1, 0.15) is 6.10 Å². The molecule has 1 aliphatic carbocycles. The minimum absolute atomic E-state index is 0.691. The van der Waals surface area contributed by atoms with Crippen molar-refractivity contribution in [1.82, 2.24) is 4.98 Å². The van der Waals surface area contributed by atoms with Crippen LogP contribution in [0.2, 0.25) is 0 Å². The van der Waals surface area contributed by atoms with Gasteiger partial charge >= 0.3 is 0 Å². The van der Waals surface area contributed by atoms with E-state index in [1.54, 1.807) is 0 Å². The molecule has 1 N–H and O–H groups in total. The van der Waals surface area contributed by atoms with Gasteiger partial charge in [0.25, 0.3) is 0 Å². The lowest BCUT2D eigenvalue weighted by Crippen LogP contribution is -2.04. The molecule has 1 atom stereocenters. The second-order valence-corrected chi connectivity index (χ2v) is 6.40. The average molecular weight is 364 g/mol. The van der Waals surface area contributed by atoms with Crippen LogP contribution in [0.5, 0.6) is 0 Å². The Kier molecular flexibility index (Phi) is 3.60. The van der Waals surface area contributed by atoms with Gasteiger partial charge in [-0.1, -0.05) is 64.5 Å². The predicted molar refractivity (Wildman–Crippen MR) is 96.8 cm³/mol. The topological polar surface area (TPSA) is 33.1 Å². The zero-order valence-corrected chi connectivity index (χ0v) is 13.9. The van der Waals surface area contributed by atoms with Gasteiger partial charge < -0.3 is 5.11 Å². The van der Waals surface area contributed by atoms with Gasteiger partial charge in [-0.15, -0.1) is 0 Å². The van der Waals surface area contributed by atoms with Gasteiger partial charge in [-0.2, -0.15) is 0 Å². The third kappa shape index (κ3) is 2.52. The summed E-state index contributed by atoms with van der Waals surface area (Å²) in [6, 6.07) is 18.0. The predicted octanol–water partition coefficient (Wildman–Crippen LogP) is 5.08. The zero-order chi connectivity index (χ0) is 15.8. The van der Waals surface area contributed by atoms with Crippen LogP contribution < -0.4 is 0 Å². The number of aliphatic hydroxyl groups excluding tert-OH is 1. The van der Waals surface area contributed by atoms with Crippen LogP contribution in [-0.4, -0.2) is 10.1 Å². The first-order valence-electron chi connectivity index (χ1n) is 7.44. The molecule has 2 aromatic carbocycles. The fraction of sp³-hybridized carbons (Fsp3) is 0.0500. The molecule has 0 fully saturated rings. The van der Waals surface area contributed by atoms with Gasteiger partial charge in [0.15, 0.2) is 0 Å². The molecule has 0 bridgehead atoms. The molecule has 3 heteroatoms. The minimum atomic E-state index is -0.691. The normalized spacial score (nSPS) is 15.7. The van der Waals surface area contributed by atoms with E-state index in [1.807, 2.05) is 72.9 Å². The van der Waals surface area contributed by atoms with E-state index in [0.29, 0.717) is 0 Å². The molecular weight excluding hydrogens is 350 g/mol. The summed E-state index contributed by atoms with van der Waals surface area (Å²) in [6.45, 7) is 0.